The molecule has 0 aromatic heterocycles. The minimum atomic E-state index is -4.73. The number of hydrogen-bond acceptors (Lipinski definition) is 2. The van der Waals surface area contributed by atoms with Gasteiger partial charge in [0.15, 0.2) is 0 Å². The van der Waals surface area contributed by atoms with Crippen molar-refractivity contribution >= 4 is 6.08 Å². The monoisotopic (exact) mass is 452 g/mol. The zero-order valence-electron chi connectivity index (χ0n) is 18.4. The summed E-state index contributed by atoms with van der Waals surface area (Å²) in [5.41, 5.74) is -5.20. The predicted octanol–water partition coefficient (Wildman–Crippen LogP) is 6.90. The van der Waals surface area contributed by atoms with Crippen molar-refractivity contribution in [2.45, 2.75) is 49.2 Å². The molecular formula is C28H27F3O2. The van der Waals surface area contributed by atoms with Crippen LogP contribution in [0.15, 0.2) is 97.1 Å². The number of rotatable bonds is 8. The molecule has 0 spiro atoms. The summed E-state index contributed by atoms with van der Waals surface area (Å²) < 4.78 is 50.2. The van der Waals surface area contributed by atoms with Crippen LogP contribution in [0, 0.1) is 0 Å². The van der Waals surface area contributed by atoms with E-state index in [1.807, 2.05) is 6.92 Å². The van der Waals surface area contributed by atoms with Crippen molar-refractivity contribution in [3.8, 4) is 0 Å². The van der Waals surface area contributed by atoms with Gasteiger partial charge in [0.2, 0.25) is 5.60 Å². The number of aliphatic hydroxyl groups is 1. The van der Waals surface area contributed by atoms with E-state index in [0.717, 1.165) is 6.08 Å². The summed E-state index contributed by atoms with van der Waals surface area (Å²) in [6.07, 6.45) is -1.04. The molecule has 1 heterocycles. The Morgan fingerprint density at radius 2 is 1.30 bits per heavy atom. The molecule has 2 nitrogen and oxygen atoms in total. The molecular weight excluding hydrogens is 425 g/mol. The number of halogens is 3. The predicted molar refractivity (Wildman–Crippen MR) is 123 cm³/mol. The van der Waals surface area contributed by atoms with Crippen molar-refractivity contribution in [1.82, 2.24) is 0 Å². The third-order valence-electron chi connectivity index (χ3n) is 6.47. The summed E-state index contributed by atoms with van der Waals surface area (Å²) in [4.78, 5) is 0. The first-order valence-electron chi connectivity index (χ1n) is 11.2. The minimum absolute atomic E-state index is 0.0441. The standard InChI is InChI=1S/C28H27F3O2/c1-2-3-20-25(26(33-25,28(29,30)31)21-19-22-13-7-4-8-14-22)27(32,23-15-9-5-10-16-23)24-17-11-6-12-18-24/h4-19,21,32H,2-3,20H2,1H3/b21-19+/t25-,26+/m0/s1. The number of benzene rings is 3. The maximum atomic E-state index is 14.8. The topological polar surface area (TPSA) is 32.8 Å². The van der Waals surface area contributed by atoms with Crippen molar-refractivity contribution in [1.29, 1.82) is 0 Å². The first kappa shape index (κ1) is 23.3. The van der Waals surface area contributed by atoms with Gasteiger partial charge in [0.1, 0.15) is 11.2 Å². The summed E-state index contributed by atoms with van der Waals surface area (Å²) in [6.45, 7) is 1.91. The fourth-order valence-corrected chi connectivity index (χ4v) is 4.75. The molecule has 2 atom stereocenters. The molecule has 0 unspecified atom stereocenters. The van der Waals surface area contributed by atoms with Crippen molar-refractivity contribution in [3.63, 3.8) is 0 Å². The van der Waals surface area contributed by atoms with E-state index in [9.17, 15) is 18.3 Å². The molecule has 172 valence electrons. The quantitative estimate of drug-likeness (QED) is 0.377. The number of unbranched alkanes of at least 4 members (excludes halogenated alkanes) is 1. The number of epoxide rings is 1. The van der Waals surface area contributed by atoms with Crippen molar-refractivity contribution in [2.24, 2.45) is 0 Å². The highest BCUT2D eigenvalue weighted by atomic mass is 19.4. The molecule has 4 rings (SSSR count). The maximum absolute atomic E-state index is 14.8. The molecule has 1 aliphatic rings. The summed E-state index contributed by atoms with van der Waals surface area (Å²) in [5, 5.41) is 12.3. The summed E-state index contributed by atoms with van der Waals surface area (Å²) in [5.74, 6) is 0. The van der Waals surface area contributed by atoms with E-state index < -0.39 is 23.0 Å². The zero-order valence-corrected chi connectivity index (χ0v) is 18.4. The average Bonchev–Trinajstić information content (AvgIpc) is 3.54. The Kier molecular flexibility index (Phi) is 6.21. The second kappa shape index (κ2) is 8.81. The molecule has 33 heavy (non-hydrogen) atoms. The van der Waals surface area contributed by atoms with Crippen LogP contribution < -0.4 is 0 Å². The minimum Gasteiger partial charge on any atom is -0.377 e. The normalized spacial score (nSPS) is 23.1. The van der Waals surface area contributed by atoms with Gasteiger partial charge in [-0.1, -0.05) is 117 Å². The molecule has 0 bridgehead atoms. The van der Waals surface area contributed by atoms with Crippen LogP contribution >= 0.6 is 0 Å². The SMILES string of the molecule is CCCC[C@]1(C(O)(c2ccccc2)c2ccccc2)O[C@@]1(/C=C/c1ccccc1)C(F)(F)F. The Balaban J connectivity index is 1.94. The Morgan fingerprint density at radius 1 is 0.818 bits per heavy atom. The van der Waals surface area contributed by atoms with Crippen LogP contribution in [0.1, 0.15) is 42.9 Å². The number of alkyl halides is 3. The fraction of sp³-hybridized carbons (Fsp3) is 0.286. The van der Waals surface area contributed by atoms with E-state index in [0.29, 0.717) is 29.5 Å². The van der Waals surface area contributed by atoms with Crippen LogP contribution in [-0.4, -0.2) is 22.5 Å². The van der Waals surface area contributed by atoms with E-state index in [-0.39, 0.29) is 6.42 Å². The van der Waals surface area contributed by atoms with Gasteiger partial charge in [0.05, 0.1) is 0 Å². The third-order valence-corrected chi connectivity index (χ3v) is 6.47. The second-order valence-corrected chi connectivity index (χ2v) is 8.45. The first-order valence-corrected chi connectivity index (χ1v) is 11.2. The highest BCUT2D eigenvalue weighted by Gasteiger charge is 2.87. The molecule has 0 aliphatic carbocycles. The Morgan fingerprint density at radius 3 is 1.76 bits per heavy atom. The van der Waals surface area contributed by atoms with E-state index in [2.05, 4.69) is 0 Å². The summed E-state index contributed by atoms with van der Waals surface area (Å²) in [6, 6.07) is 25.8. The van der Waals surface area contributed by atoms with Crippen LogP contribution in [0.25, 0.3) is 6.08 Å². The van der Waals surface area contributed by atoms with E-state index in [4.69, 9.17) is 4.74 Å². The van der Waals surface area contributed by atoms with Crippen LogP contribution in [0.5, 0.6) is 0 Å². The van der Waals surface area contributed by atoms with Gasteiger partial charge < -0.3 is 9.84 Å². The zero-order chi connectivity index (χ0) is 23.6. The number of hydrogen-bond donors (Lipinski definition) is 1. The van der Waals surface area contributed by atoms with Gasteiger partial charge in [-0.25, -0.2) is 0 Å². The molecule has 3 aromatic rings. The smallest absolute Gasteiger partial charge is 0.377 e. The van der Waals surface area contributed by atoms with Crippen molar-refractivity contribution in [3.05, 3.63) is 114 Å². The van der Waals surface area contributed by atoms with Gasteiger partial charge in [-0.15, -0.1) is 0 Å². The maximum Gasteiger partial charge on any atom is 0.424 e. The lowest BCUT2D eigenvalue weighted by atomic mass is 9.67. The third kappa shape index (κ3) is 3.79. The summed E-state index contributed by atoms with van der Waals surface area (Å²) in [7, 11) is 0. The van der Waals surface area contributed by atoms with Crippen molar-refractivity contribution < 1.29 is 23.0 Å². The average molecular weight is 453 g/mol. The van der Waals surface area contributed by atoms with Gasteiger partial charge in [0, 0.05) is 0 Å². The molecule has 0 amide bonds. The molecule has 1 fully saturated rings. The van der Waals surface area contributed by atoms with Gasteiger partial charge in [-0.2, -0.15) is 13.2 Å². The lowest BCUT2D eigenvalue weighted by molar-refractivity contribution is -0.172. The first-order chi connectivity index (χ1) is 15.8. The summed E-state index contributed by atoms with van der Waals surface area (Å²) >= 11 is 0. The lowest BCUT2D eigenvalue weighted by Crippen LogP contribution is -2.52. The molecule has 0 saturated carbocycles. The highest BCUT2D eigenvalue weighted by Crippen LogP contribution is 2.69. The van der Waals surface area contributed by atoms with Gasteiger partial charge in [-0.3, -0.25) is 0 Å². The van der Waals surface area contributed by atoms with Crippen LogP contribution in [0.3, 0.4) is 0 Å². The van der Waals surface area contributed by atoms with Gasteiger partial charge >= 0.3 is 6.18 Å². The molecule has 0 radical (unpaired) electrons. The van der Waals surface area contributed by atoms with Crippen molar-refractivity contribution in [2.75, 3.05) is 0 Å². The van der Waals surface area contributed by atoms with Gasteiger partial charge in [0.25, 0.3) is 0 Å². The van der Waals surface area contributed by atoms with Crippen LogP contribution in [0.4, 0.5) is 13.2 Å². The largest absolute Gasteiger partial charge is 0.424 e. The molecule has 3 aromatic carbocycles. The molecule has 1 saturated heterocycles. The Labute approximate surface area is 192 Å². The Hall–Kier alpha value is -2.89. The molecule has 1 N–H and O–H groups in total. The molecule has 5 heteroatoms. The Bertz CT molecular complexity index is 1040. The van der Waals surface area contributed by atoms with Crippen LogP contribution in [0.2, 0.25) is 0 Å². The van der Waals surface area contributed by atoms with E-state index in [1.54, 1.807) is 91.0 Å². The van der Waals surface area contributed by atoms with Gasteiger partial charge in [-0.05, 0) is 29.2 Å². The molecule has 1 aliphatic heterocycles. The highest BCUT2D eigenvalue weighted by molar-refractivity contribution is 5.56. The fourth-order valence-electron chi connectivity index (χ4n) is 4.75. The van der Waals surface area contributed by atoms with Crippen LogP contribution in [-0.2, 0) is 10.3 Å². The van der Waals surface area contributed by atoms with E-state index in [1.165, 1.54) is 6.08 Å². The lowest BCUT2D eigenvalue weighted by Gasteiger charge is -2.38. The second-order valence-electron chi connectivity index (χ2n) is 8.45. The number of ether oxygens (including phenoxy) is 1. The van der Waals surface area contributed by atoms with E-state index >= 15 is 0 Å².